The van der Waals surface area contributed by atoms with Crippen LogP contribution in [0.25, 0.3) is 71.3 Å². The summed E-state index contributed by atoms with van der Waals surface area (Å²) in [6.45, 7) is 0. The summed E-state index contributed by atoms with van der Waals surface area (Å²) in [4.78, 5) is 2.36. The molecule has 0 unspecified atom stereocenters. The van der Waals surface area contributed by atoms with Gasteiger partial charge >= 0.3 is 0 Å². The lowest BCUT2D eigenvalue weighted by Crippen LogP contribution is -2.10. The van der Waals surface area contributed by atoms with Crippen molar-refractivity contribution in [2.24, 2.45) is 0 Å². The van der Waals surface area contributed by atoms with Crippen LogP contribution in [-0.4, -0.2) is 4.57 Å². The summed E-state index contributed by atoms with van der Waals surface area (Å²) in [7, 11) is 0. The van der Waals surface area contributed by atoms with Crippen LogP contribution in [0.3, 0.4) is 0 Å². The summed E-state index contributed by atoms with van der Waals surface area (Å²) >= 11 is 0. The highest BCUT2D eigenvalue weighted by Gasteiger charge is 2.16. The zero-order valence-corrected chi connectivity index (χ0v) is 28.5. The van der Waals surface area contributed by atoms with Crippen LogP contribution < -0.4 is 4.90 Å². The Labute approximate surface area is 303 Å². The molecule has 0 aliphatic rings. The van der Waals surface area contributed by atoms with E-state index in [1.54, 1.807) is 0 Å². The lowest BCUT2D eigenvalue weighted by Gasteiger charge is -2.26. The molecule has 0 bridgehead atoms. The molecule has 10 aromatic rings. The van der Waals surface area contributed by atoms with Crippen LogP contribution >= 0.6 is 0 Å². The fraction of sp³-hybridized carbons (Fsp3) is 0. The molecule has 0 aliphatic carbocycles. The van der Waals surface area contributed by atoms with E-state index in [1.807, 2.05) is 0 Å². The van der Waals surface area contributed by atoms with Crippen LogP contribution in [0.4, 0.5) is 17.1 Å². The molecule has 0 atom stereocenters. The first kappa shape index (κ1) is 30.0. The van der Waals surface area contributed by atoms with Crippen molar-refractivity contribution in [1.29, 1.82) is 0 Å². The maximum atomic E-state index is 2.37. The van der Waals surface area contributed by atoms with Crippen molar-refractivity contribution >= 4 is 60.4 Å². The first-order chi connectivity index (χ1) is 25.8. The maximum absolute atomic E-state index is 2.37. The highest BCUT2D eigenvalue weighted by Crippen LogP contribution is 2.40. The molecular formula is C50H34N2. The predicted molar refractivity (Wildman–Crippen MR) is 221 cm³/mol. The quantitative estimate of drug-likeness (QED) is 0.172. The van der Waals surface area contributed by atoms with Crippen LogP contribution in [0.15, 0.2) is 206 Å². The number of benzene rings is 9. The van der Waals surface area contributed by atoms with Gasteiger partial charge in [-0.15, -0.1) is 0 Å². The van der Waals surface area contributed by atoms with E-state index in [-0.39, 0.29) is 0 Å². The molecule has 0 saturated heterocycles. The van der Waals surface area contributed by atoms with Crippen molar-refractivity contribution in [2.75, 3.05) is 4.90 Å². The third-order valence-corrected chi connectivity index (χ3v) is 10.4. The lowest BCUT2D eigenvalue weighted by molar-refractivity contribution is 1.17. The monoisotopic (exact) mass is 662 g/mol. The minimum atomic E-state index is 1.10. The number of aromatic nitrogens is 1. The van der Waals surface area contributed by atoms with Crippen LogP contribution in [0.5, 0.6) is 0 Å². The number of fused-ring (bicyclic) bond motifs is 5. The average molecular weight is 663 g/mol. The lowest BCUT2D eigenvalue weighted by atomic mass is 9.97. The Morgan fingerprint density at radius 1 is 0.288 bits per heavy atom. The van der Waals surface area contributed by atoms with E-state index in [0.717, 1.165) is 22.7 Å². The molecule has 1 aromatic heterocycles. The van der Waals surface area contributed by atoms with Gasteiger partial charge < -0.3 is 9.47 Å². The van der Waals surface area contributed by atoms with Gasteiger partial charge in [0.05, 0.1) is 11.0 Å². The van der Waals surface area contributed by atoms with Gasteiger partial charge in [-0.3, -0.25) is 0 Å². The van der Waals surface area contributed by atoms with E-state index in [4.69, 9.17) is 0 Å². The molecule has 52 heavy (non-hydrogen) atoms. The second-order valence-electron chi connectivity index (χ2n) is 13.4. The molecule has 0 N–H and O–H groups in total. The Hall–Kier alpha value is -6.90. The average Bonchev–Trinajstić information content (AvgIpc) is 3.56. The summed E-state index contributed by atoms with van der Waals surface area (Å²) < 4.78 is 2.37. The molecule has 2 nitrogen and oxygen atoms in total. The number of rotatable bonds is 6. The largest absolute Gasteiger partial charge is 0.311 e. The smallest absolute Gasteiger partial charge is 0.0541 e. The number of anilines is 3. The molecule has 1 heterocycles. The molecule has 244 valence electrons. The molecule has 0 radical (unpaired) electrons. The van der Waals surface area contributed by atoms with Gasteiger partial charge in [0.1, 0.15) is 0 Å². The zero-order chi connectivity index (χ0) is 34.4. The minimum absolute atomic E-state index is 1.10. The SMILES string of the molecule is c1ccc2c(-c3ccc(N(c4ccc(-c5cccc6ccccc56)cc4)c4ccc(-n5c6ccccc6c6ccccc65)cc4)cc3)cccc2c1. The molecule has 0 fully saturated rings. The second-order valence-corrected chi connectivity index (χ2v) is 13.4. The Balaban J connectivity index is 1.08. The van der Waals surface area contributed by atoms with Crippen molar-refractivity contribution in [3.05, 3.63) is 206 Å². The van der Waals surface area contributed by atoms with E-state index in [0.29, 0.717) is 0 Å². The fourth-order valence-corrected chi connectivity index (χ4v) is 7.93. The number of hydrogen-bond donors (Lipinski definition) is 0. The molecular weight excluding hydrogens is 629 g/mol. The first-order valence-corrected chi connectivity index (χ1v) is 17.9. The number of para-hydroxylation sites is 2. The Morgan fingerprint density at radius 3 is 1.12 bits per heavy atom. The molecule has 10 rings (SSSR count). The third kappa shape index (κ3) is 5.04. The van der Waals surface area contributed by atoms with Crippen molar-refractivity contribution < 1.29 is 0 Å². The van der Waals surface area contributed by atoms with E-state index in [2.05, 4.69) is 216 Å². The maximum Gasteiger partial charge on any atom is 0.0541 e. The van der Waals surface area contributed by atoms with Crippen molar-refractivity contribution in [3.8, 4) is 27.9 Å². The van der Waals surface area contributed by atoms with Crippen LogP contribution in [0.1, 0.15) is 0 Å². The topological polar surface area (TPSA) is 8.17 Å². The van der Waals surface area contributed by atoms with Gasteiger partial charge in [-0.2, -0.15) is 0 Å². The highest BCUT2D eigenvalue weighted by molar-refractivity contribution is 6.09. The third-order valence-electron chi connectivity index (χ3n) is 10.4. The molecule has 9 aromatic carbocycles. The minimum Gasteiger partial charge on any atom is -0.311 e. The zero-order valence-electron chi connectivity index (χ0n) is 28.5. The molecule has 2 heteroatoms. The predicted octanol–water partition coefficient (Wildman–Crippen LogP) is 13.9. The van der Waals surface area contributed by atoms with E-state index < -0.39 is 0 Å². The van der Waals surface area contributed by atoms with Gasteiger partial charge in [-0.1, -0.05) is 146 Å². The summed E-state index contributed by atoms with van der Waals surface area (Å²) in [6.07, 6.45) is 0. The molecule has 0 amide bonds. The Bertz CT molecular complexity index is 2690. The Morgan fingerprint density at radius 2 is 0.654 bits per heavy atom. The van der Waals surface area contributed by atoms with Crippen LogP contribution in [0.2, 0.25) is 0 Å². The summed E-state index contributed by atoms with van der Waals surface area (Å²) in [6, 6.07) is 74.6. The Kier molecular flexibility index (Phi) is 7.18. The summed E-state index contributed by atoms with van der Waals surface area (Å²) in [5.41, 5.74) is 11.7. The van der Waals surface area contributed by atoms with Gasteiger partial charge in [0.25, 0.3) is 0 Å². The van der Waals surface area contributed by atoms with Crippen molar-refractivity contribution in [2.45, 2.75) is 0 Å². The second kappa shape index (κ2) is 12.5. The van der Waals surface area contributed by atoms with Gasteiger partial charge in [-0.05, 0) is 104 Å². The fourth-order valence-electron chi connectivity index (χ4n) is 7.93. The normalized spacial score (nSPS) is 11.5. The summed E-state index contributed by atoms with van der Waals surface area (Å²) in [5, 5.41) is 7.56. The number of hydrogen-bond acceptors (Lipinski definition) is 1. The van der Waals surface area contributed by atoms with Gasteiger partial charge in [0.2, 0.25) is 0 Å². The van der Waals surface area contributed by atoms with Crippen molar-refractivity contribution in [3.63, 3.8) is 0 Å². The highest BCUT2D eigenvalue weighted by atomic mass is 15.1. The summed E-state index contributed by atoms with van der Waals surface area (Å²) in [5.74, 6) is 0. The van der Waals surface area contributed by atoms with Crippen LogP contribution in [-0.2, 0) is 0 Å². The van der Waals surface area contributed by atoms with E-state index >= 15 is 0 Å². The van der Waals surface area contributed by atoms with E-state index in [9.17, 15) is 0 Å². The van der Waals surface area contributed by atoms with E-state index in [1.165, 1.54) is 65.6 Å². The van der Waals surface area contributed by atoms with Gasteiger partial charge in [0, 0.05) is 33.5 Å². The molecule has 0 aliphatic heterocycles. The van der Waals surface area contributed by atoms with Crippen molar-refractivity contribution in [1.82, 2.24) is 4.57 Å². The first-order valence-electron chi connectivity index (χ1n) is 17.9. The molecule has 0 saturated carbocycles. The van der Waals surface area contributed by atoms with Crippen LogP contribution in [0, 0.1) is 0 Å². The van der Waals surface area contributed by atoms with Gasteiger partial charge in [-0.25, -0.2) is 0 Å². The molecule has 0 spiro atoms. The number of nitrogens with zero attached hydrogens (tertiary/aromatic N) is 2. The van der Waals surface area contributed by atoms with Gasteiger partial charge in [0.15, 0.2) is 0 Å². The standard InChI is InChI=1S/C50H34N2/c1-3-15-43-35(11-1)13-9-19-45(43)37-23-27-39(28-24-37)51(40-29-25-38(26-30-40)46-20-10-14-36-12-2-4-16-44(36)46)41-31-33-42(34-32-41)52-49-21-7-5-17-47(49)48-18-6-8-22-50(48)52/h1-34H.